The van der Waals surface area contributed by atoms with Crippen molar-refractivity contribution in [2.24, 2.45) is 5.73 Å². The first-order valence-electron chi connectivity index (χ1n) is 7.37. The van der Waals surface area contributed by atoms with Crippen molar-refractivity contribution in [2.75, 3.05) is 26.2 Å². The van der Waals surface area contributed by atoms with E-state index in [-0.39, 0.29) is 18.5 Å². The van der Waals surface area contributed by atoms with Gasteiger partial charge in [0.1, 0.15) is 0 Å². The van der Waals surface area contributed by atoms with E-state index in [2.05, 4.69) is 27.0 Å². The Balaban J connectivity index is 1.99. The van der Waals surface area contributed by atoms with Gasteiger partial charge in [-0.25, -0.2) is 0 Å². The summed E-state index contributed by atoms with van der Waals surface area (Å²) in [5.41, 5.74) is 6.55. The van der Waals surface area contributed by atoms with Gasteiger partial charge in [0.05, 0.1) is 17.7 Å². The van der Waals surface area contributed by atoms with Crippen molar-refractivity contribution in [2.45, 2.75) is 25.8 Å². The van der Waals surface area contributed by atoms with E-state index in [9.17, 15) is 4.79 Å². The van der Waals surface area contributed by atoms with Crippen molar-refractivity contribution in [3.63, 3.8) is 0 Å². The smallest absolute Gasteiger partial charge is 0.252 e. The summed E-state index contributed by atoms with van der Waals surface area (Å²) in [4.78, 5) is 18.7. The molecule has 5 nitrogen and oxygen atoms in total. The number of carbonyl (C=O) groups excluding carboxylic acids is 1. The summed E-state index contributed by atoms with van der Waals surface area (Å²) in [7, 11) is 0. The van der Waals surface area contributed by atoms with Crippen LogP contribution in [0.5, 0.6) is 0 Å². The Kier molecular flexibility index (Phi) is 5.73. The maximum absolute atomic E-state index is 12.4. The van der Waals surface area contributed by atoms with Gasteiger partial charge in [0, 0.05) is 25.0 Å². The van der Waals surface area contributed by atoms with Crippen LogP contribution in [0.3, 0.4) is 0 Å². The van der Waals surface area contributed by atoms with Crippen LogP contribution in [-0.4, -0.2) is 48.0 Å². The lowest BCUT2D eigenvalue weighted by atomic mass is 10.1. The molecular weight excluding hydrogens is 264 g/mol. The molecule has 0 radical (unpaired) electrons. The third-order valence-corrected chi connectivity index (χ3v) is 3.50. The number of nitrogens with zero attached hydrogens (tertiary/aromatic N) is 2. The summed E-state index contributed by atoms with van der Waals surface area (Å²) in [6, 6.07) is 1.80. The first kappa shape index (κ1) is 15.5. The Bertz CT molecular complexity index is 541. The molecule has 1 unspecified atom stereocenters. The summed E-state index contributed by atoms with van der Waals surface area (Å²) in [5.74, 6) is 5.55. The zero-order chi connectivity index (χ0) is 15.1. The highest BCUT2D eigenvalue weighted by molar-refractivity contribution is 5.96. The SMILES string of the molecule is CC(CN1CCCC1)NC(=O)c1ccncc1C#CCN. The number of nitrogens with two attached hydrogens (primary N) is 1. The second-order valence-electron chi connectivity index (χ2n) is 5.31. The predicted octanol–water partition coefficient (Wildman–Crippen LogP) is 0.606. The van der Waals surface area contributed by atoms with Crippen molar-refractivity contribution < 1.29 is 4.79 Å². The van der Waals surface area contributed by atoms with E-state index in [4.69, 9.17) is 5.73 Å². The van der Waals surface area contributed by atoms with Crippen LogP contribution in [0.25, 0.3) is 0 Å². The number of hydrogen-bond donors (Lipinski definition) is 2. The maximum Gasteiger partial charge on any atom is 0.252 e. The lowest BCUT2D eigenvalue weighted by Crippen LogP contribution is -2.41. The molecule has 0 aromatic carbocycles. The zero-order valence-corrected chi connectivity index (χ0v) is 12.4. The molecule has 1 aliphatic heterocycles. The van der Waals surface area contributed by atoms with E-state index in [1.165, 1.54) is 12.8 Å². The highest BCUT2D eigenvalue weighted by atomic mass is 16.1. The second-order valence-corrected chi connectivity index (χ2v) is 5.31. The summed E-state index contributed by atoms with van der Waals surface area (Å²) in [6.45, 7) is 5.44. The van der Waals surface area contributed by atoms with Crippen LogP contribution < -0.4 is 11.1 Å². The molecule has 0 saturated carbocycles. The lowest BCUT2D eigenvalue weighted by Gasteiger charge is -2.21. The number of carbonyl (C=O) groups is 1. The fourth-order valence-corrected chi connectivity index (χ4v) is 2.54. The van der Waals surface area contributed by atoms with Crippen LogP contribution in [0, 0.1) is 11.8 Å². The van der Waals surface area contributed by atoms with Gasteiger partial charge in [-0.1, -0.05) is 11.8 Å². The molecule has 2 heterocycles. The van der Waals surface area contributed by atoms with Crippen molar-refractivity contribution in [3.05, 3.63) is 29.6 Å². The monoisotopic (exact) mass is 286 g/mol. The van der Waals surface area contributed by atoms with Gasteiger partial charge in [-0.05, 0) is 38.9 Å². The van der Waals surface area contributed by atoms with Crippen molar-refractivity contribution in [1.29, 1.82) is 0 Å². The topological polar surface area (TPSA) is 71.2 Å². The molecule has 0 aliphatic carbocycles. The van der Waals surface area contributed by atoms with Crippen molar-refractivity contribution in [1.82, 2.24) is 15.2 Å². The van der Waals surface area contributed by atoms with E-state index in [0.29, 0.717) is 11.1 Å². The third-order valence-electron chi connectivity index (χ3n) is 3.50. The molecular formula is C16H22N4O. The average molecular weight is 286 g/mol. The van der Waals surface area contributed by atoms with Gasteiger partial charge < -0.3 is 16.0 Å². The van der Waals surface area contributed by atoms with Crippen LogP contribution in [0.4, 0.5) is 0 Å². The van der Waals surface area contributed by atoms with Gasteiger partial charge in [0.2, 0.25) is 0 Å². The number of hydrogen-bond acceptors (Lipinski definition) is 4. The van der Waals surface area contributed by atoms with Crippen LogP contribution in [0.2, 0.25) is 0 Å². The minimum atomic E-state index is -0.106. The average Bonchev–Trinajstić information content (AvgIpc) is 2.98. The lowest BCUT2D eigenvalue weighted by molar-refractivity contribution is 0.0931. The van der Waals surface area contributed by atoms with Crippen LogP contribution in [0.1, 0.15) is 35.7 Å². The molecule has 1 atom stereocenters. The highest BCUT2D eigenvalue weighted by Crippen LogP contribution is 2.09. The van der Waals surface area contributed by atoms with E-state index >= 15 is 0 Å². The Labute approximate surface area is 125 Å². The van der Waals surface area contributed by atoms with Gasteiger partial charge >= 0.3 is 0 Å². The largest absolute Gasteiger partial charge is 0.348 e. The molecule has 1 amide bonds. The molecule has 5 heteroatoms. The van der Waals surface area contributed by atoms with Gasteiger partial charge in [-0.2, -0.15) is 0 Å². The molecule has 2 rings (SSSR count). The molecule has 1 aromatic rings. The molecule has 0 spiro atoms. The van der Waals surface area contributed by atoms with Crippen LogP contribution in [0.15, 0.2) is 18.5 Å². The Morgan fingerprint density at radius 1 is 1.52 bits per heavy atom. The number of pyridine rings is 1. The quantitative estimate of drug-likeness (QED) is 0.795. The van der Waals surface area contributed by atoms with Gasteiger partial charge in [0.15, 0.2) is 0 Å². The Morgan fingerprint density at radius 3 is 3.00 bits per heavy atom. The van der Waals surface area contributed by atoms with Crippen molar-refractivity contribution in [3.8, 4) is 11.8 Å². The standard InChI is InChI=1S/C16H22N4O/c1-13(12-20-9-2-3-10-20)19-16(21)15-6-8-18-11-14(15)5-4-7-17/h6,8,11,13H,2-3,7,9-10,12,17H2,1H3,(H,19,21). The minimum Gasteiger partial charge on any atom is -0.348 e. The van der Waals surface area contributed by atoms with E-state index in [1.807, 2.05) is 6.92 Å². The fourth-order valence-electron chi connectivity index (χ4n) is 2.54. The van der Waals surface area contributed by atoms with E-state index < -0.39 is 0 Å². The Hall–Kier alpha value is -1.90. The van der Waals surface area contributed by atoms with Gasteiger partial charge in [0.25, 0.3) is 5.91 Å². The van der Waals surface area contributed by atoms with Crippen LogP contribution in [-0.2, 0) is 0 Å². The minimum absolute atomic E-state index is 0.106. The number of aromatic nitrogens is 1. The second kappa shape index (κ2) is 7.77. The molecule has 112 valence electrons. The first-order valence-corrected chi connectivity index (χ1v) is 7.37. The van der Waals surface area contributed by atoms with Gasteiger partial charge in [-0.15, -0.1) is 0 Å². The normalized spacial score (nSPS) is 16.1. The summed E-state index contributed by atoms with van der Waals surface area (Å²) < 4.78 is 0. The van der Waals surface area contributed by atoms with E-state index in [0.717, 1.165) is 19.6 Å². The summed E-state index contributed by atoms with van der Waals surface area (Å²) in [5, 5.41) is 3.03. The summed E-state index contributed by atoms with van der Waals surface area (Å²) >= 11 is 0. The van der Waals surface area contributed by atoms with E-state index in [1.54, 1.807) is 18.5 Å². The highest BCUT2D eigenvalue weighted by Gasteiger charge is 2.17. The maximum atomic E-state index is 12.4. The molecule has 1 aliphatic rings. The number of rotatable bonds is 4. The first-order chi connectivity index (χ1) is 10.2. The summed E-state index contributed by atoms with van der Waals surface area (Å²) in [6.07, 6.45) is 5.71. The number of amides is 1. The molecule has 0 bridgehead atoms. The Morgan fingerprint density at radius 2 is 2.29 bits per heavy atom. The number of likely N-dealkylation sites (tertiary alicyclic amines) is 1. The number of nitrogens with one attached hydrogen (secondary N) is 1. The molecule has 1 fully saturated rings. The molecule has 21 heavy (non-hydrogen) atoms. The molecule has 3 N–H and O–H groups in total. The molecule has 1 aromatic heterocycles. The third kappa shape index (κ3) is 4.55. The molecule has 1 saturated heterocycles. The van der Waals surface area contributed by atoms with Crippen molar-refractivity contribution >= 4 is 5.91 Å². The fraction of sp³-hybridized carbons (Fsp3) is 0.500. The predicted molar refractivity (Wildman–Crippen MR) is 82.8 cm³/mol. The van der Waals surface area contributed by atoms with Gasteiger partial charge in [-0.3, -0.25) is 9.78 Å². The zero-order valence-electron chi connectivity index (χ0n) is 12.4. The van der Waals surface area contributed by atoms with Crippen LogP contribution >= 0.6 is 0 Å².